The average molecular weight is 456 g/mol. The van der Waals surface area contributed by atoms with Crippen LogP contribution >= 0.6 is 35.4 Å². The zero-order chi connectivity index (χ0) is 21.3. The second-order valence-corrected chi connectivity index (χ2v) is 7.82. The van der Waals surface area contributed by atoms with Gasteiger partial charge in [-0.3, -0.25) is 14.2 Å². The SMILES string of the molecule is O=C(NCc1ccccc1Cl)c1cccc(-n2c(=S)[nH]c3cc(Cl)ccc3c2=O)c1. The lowest BCUT2D eigenvalue weighted by atomic mass is 10.1. The molecule has 0 unspecified atom stereocenters. The number of hydrogen-bond donors (Lipinski definition) is 2. The third kappa shape index (κ3) is 4.03. The van der Waals surface area contributed by atoms with E-state index in [1.165, 1.54) is 4.57 Å². The molecular formula is C22H15Cl2N3O2S. The molecule has 5 nitrogen and oxygen atoms in total. The van der Waals surface area contributed by atoms with Crippen LogP contribution in [0.4, 0.5) is 0 Å². The number of hydrogen-bond acceptors (Lipinski definition) is 3. The summed E-state index contributed by atoms with van der Waals surface area (Å²) in [5, 5.41) is 4.37. The summed E-state index contributed by atoms with van der Waals surface area (Å²) in [4.78, 5) is 28.7. The Hall–Kier alpha value is -2.93. The van der Waals surface area contributed by atoms with E-state index < -0.39 is 0 Å². The Bertz CT molecular complexity index is 1400. The van der Waals surface area contributed by atoms with Crippen molar-refractivity contribution in [3.05, 3.63) is 103 Å². The smallest absolute Gasteiger partial charge is 0.266 e. The molecule has 0 aliphatic heterocycles. The van der Waals surface area contributed by atoms with Crippen LogP contribution in [0.15, 0.2) is 71.5 Å². The maximum atomic E-state index is 13.0. The van der Waals surface area contributed by atoms with Crippen molar-refractivity contribution < 1.29 is 4.79 Å². The zero-order valence-corrected chi connectivity index (χ0v) is 17.8. The van der Waals surface area contributed by atoms with E-state index >= 15 is 0 Å². The number of halogens is 2. The van der Waals surface area contributed by atoms with Gasteiger partial charge in [0.1, 0.15) is 0 Å². The number of carbonyl (C=O) groups excluding carboxylic acids is 1. The molecular weight excluding hydrogens is 441 g/mol. The highest BCUT2D eigenvalue weighted by molar-refractivity contribution is 7.71. The van der Waals surface area contributed by atoms with Crippen LogP contribution < -0.4 is 10.9 Å². The molecule has 4 rings (SSSR count). The summed E-state index contributed by atoms with van der Waals surface area (Å²) in [5.74, 6) is -0.285. The minimum absolute atomic E-state index is 0.211. The van der Waals surface area contributed by atoms with Crippen molar-refractivity contribution in [2.24, 2.45) is 0 Å². The van der Waals surface area contributed by atoms with Gasteiger partial charge in [-0.05, 0) is 60.2 Å². The highest BCUT2D eigenvalue weighted by atomic mass is 35.5. The molecule has 2 N–H and O–H groups in total. The number of nitrogens with one attached hydrogen (secondary N) is 2. The molecule has 1 aromatic heterocycles. The van der Waals surface area contributed by atoms with Gasteiger partial charge in [0.05, 0.1) is 16.6 Å². The van der Waals surface area contributed by atoms with Crippen LogP contribution in [0.5, 0.6) is 0 Å². The van der Waals surface area contributed by atoms with Crippen molar-refractivity contribution in [2.75, 3.05) is 0 Å². The predicted molar refractivity (Wildman–Crippen MR) is 122 cm³/mol. The van der Waals surface area contributed by atoms with Gasteiger partial charge >= 0.3 is 0 Å². The topological polar surface area (TPSA) is 66.9 Å². The number of aromatic nitrogens is 2. The number of H-pyrrole nitrogens is 1. The standard InChI is InChI=1S/C22H15Cl2N3O2S/c23-15-8-9-17-19(11-15)26-22(30)27(21(17)29)16-6-3-5-13(10-16)20(28)25-12-14-4-1-2-7-18(14)24/h1-11H,12H2,(H,25,28)(H,26,30). The third-order valence-electron chi connectivity index (χ3n) is 4.62. The van der Waals surface area contributed by atoms with E-state index in [2.05, 4.69) is 10.3 Å². The Balaban J connectivity index is 1.68. The number of nitrogens with zero attached hydrogens (tertiary/aromatic N) is 1. The van der Waals surface area contributed by atoms with Crippen molar-refractivity contribution in [3.63, 3.8) is 0 Å². The van der Waals surface area contributed by atoms with Gasteiger partial charge in [0, 0.05) is 22.2 Å². The fraction of sp³-hybridized carbons (Fsp3) is 0.0455. The van der Waals surface area contributed by atoms with E-state index in [9.17, 15) is 9.59 Å². The van der Waals surface area contributed by atoms with Gasteiger partial charge in [-0.1, -0.05) is 47.5 Å². The van der Waals surface area contributed by atoms with Crippen LogP contribution in [-0.2, 0) is 6.54 Å². The number of benzene rings is 3. The molecule has 0 fully saturated rings. The molecule has 0 saturated heterocycles. The first-order valence-electron chi connectivity index (χ1n) is 9.01. The van der Waals surface area contributed by atoms with Crippen LogP contribution in [-0.4, -0.2) is 15.5 Å². The Morgan fingerprint density at radius 2 is 1.83 bits per heavy atom. The van der Waals surface area contributed by atoms with Crippen molar-refractivity contribution in [1.82, 2.24) is 14.9 Å². The normalized spacial score (nSPS) is 10.9. The Morgan fingerprint density at radius 3 is 2.63 bits per heavy atom. The fourth-order valence-electron chi connectivity index (χ4n) is 3.13. The molecule has 1 heterocycles. The summed E-state index contributed by atoms with van der Waals surface area (Å²) in [6, 6.07) is 18.9. The Morgan fingerprint density at radius 1 is 1.03 bits per heavy atom. The van der Waals surface area contributed by atoms with Crippen molar-refractivity contribution in [1.29, 1.82) is 0 Å². The lowest BCUT2D eigenvalue weighted by molar-refractivity contribution is 0.0951. The Kier molecular flexibility index (Phi) is 5.72. The lowest BCUT2D eigenvalue weighted by Crippen LogP contribution is -2.24. The van der Waals surface area contributed by atoms with Gasteiger partial charge in [-0.25, -0.2) is 0 Å². The lowest BCUT2D eigenvalue weighted by Gasteiger charge is -2.11. The first kappa shape index (κ1) is 20.3. The molecule has 8 heteroatoms. The van der Waals surface area contributed by atoms with Crippen LogP contribution in [0.1, 0.15) is 15.9 Å². The maximum absolute atomic E-state index is 13.0. The van der Waals surface area contributed by atoms with E-state index in [1.807, 2.05) is 18.2 Å². The van der Waals surface area contributed by atoms with Gasteiger partial charge < -0.3 is 10.3 Å². The Labute approximate surface area is 186 Å². The van der Waals surface area contributed by atoms with Crippen LogP contribution in [0.3, 0.4) is 0 Å². The summed E-state index contributed by atoms with van der Waals surface area (Å²) < 4.78 is 1.57. The van der Waals surface area contributed by atoms with Gasteiger partial charge in [-0.15, -0.1) is 0 Å². The van der Waals surface area contributed by atoms with Crippen molar-refractivity contribution in [2.45, 2.75) is 6.54 Å². The van der Waals surface area contributed by atoms with Gasteiger partial charge in [0.2, 0.25) is 0 Å². The van der Waals surface area contributed by atoms with Gasteiger partial charge in [-0.2, -0.15) is 0 Å². The number of carbonyl (C=O) groups is 1. The number of aromatic amines is 1. The molecule has 0 spiro atoms. The molecule has 0 aliphatic rings. The summed E-state index contributed by atoms with van der Waals surface area (Å²) in [5.41, 5.74) is 1.97. The summed E-state index contributed by atoms with van der Waals surface area (Å²) >= 11 is 17.5. The molecule has 0 aliphatic carbocycles. The molecule has 0 atom stereocenters. The van der Waals surface area contributed by atoms with Crippen molar-refractivity contribution >= 4 is 52.2 Å². The second kappa shape index (κ2) is 8.44. The maximum Gasteiger partial charge on any atom is 0.266 e. The molecule has 0 bridgehead atoms. The monoisotopic (exact) mass is 455 g/mol. The molecule has 30 heavy (non-hydrogen) atoms. The third-order valence-corrected chi connectivity index (χ3v) is 5.51. The van der Waals surface area contributed by atoms with Crippen molar-refractivity contribution in [3.8, 4) is 5.69 Å². The van der Waals surface area contributed by atoms with Crippen LogP contribution in [0.25, 0.3) is 16.6 Å². The van der Waals surface area contributed by atoms with E-state index in [-0.39, 0.29) is 16.2 Å². The zero-order valence-electron chi connectivity index (χ0n) is 15.5. The van der Waals surface area contributed by atoms with Crippen LogP contribution in [0.2, 0.25) is 10.0 Å². The average Bonchev–Trinajstić information content (AvgIpc) is 2.73. The molecule has 0 radical (unpaired) electrons. The van der Waals surface area contributed by atoms with E-state index in [0.717, 1.165) is 5.56 Å². The first-order chi connectivity index (χ1) is 14.4. The second-order valence-electron chi connectivity index (χ2n) is 6.59. The number of rotatable bonds is 4. The summed E-state index contributed by atoms with van der Waals surface area (Å²) in [6.45, 7) is 0.291. The number of amides is 1. The molecule has 3 aromatic carbocycles. The molecule has 1 amide bonds. The van der Waals surface area contributed by atoms with Crippen LogP contribution in [0, 0.1) is 4.77 Å². The quantitative estimate of drug-likeness (QED) is 0.411. The van der Waals surface area contributed by atoms with Gasteiger partial charge in [0.25, 0.3) is 11.5 Å². The summed E-state index contributed by atoms with van der Waals surface area (Å²) in [7, 11) is 0. The first-order valence-corrected chi connectivity index (χ1v) is 10.2. The highest BCUT2D eigenvalue weighted by Crippen LogP contribution is 2.17. The molecule has 4 aromatic rings. The minimum Gasteiger partial charge on any atom is -0.348 e. The predicted octanol–water partition coefficient (Wildman–Crippen LogP) is 5.29. The molecule has 150 valence electrons. The highest BCUT2D eigenvalue weighted by Gasteiger charge is 2.12. The summed E-state index contributed by atoms with van der Waals surface area (Å²) in [6.07, 6.45) is 0. The largest absolute Gasteiger partial charge is 0.348 e. The van der Waals surface area contributed by atoms with E-state index in [4.69, 9.17) is 35.4 Å². The minimum atomic E-state index is -0.293. The fourth-order valence-corrected chi connectivity index (χ4v) is 3.80. The van der Waals surface area contributed by atoms with E-state index in [0.29, 0.717) is 38.7 Å². The van der Waals surface area contributed by atoms with E-state index in [1.54, 1.807) is 48.5 Å². The molecule has 0 saturated carbocycles. The number of fused-ring (bicyclic) bond motifs is 1. The van der Waals surface area contributed by atoms with Gasteiger partial charge in [0.15, 0.2) is 4.77 Å².